The van der Waals surface area contributed by atoms with E-state index in [0.29, 0.717) is 12.5 Å². The maximum atomic E-state index is 12.2. The number of β-amino-alcohol motifs (C(OH)–C–C–N with tert-alkyl or cyclic N) is 1. The van der Waals surface area contributed by atoms with Crippen molar-refractivity contribution >= 4 is 5.91 Å². The number of benzene rings is 1. The van der Waals surface area contributed by atoms with Crippen molar-refractivity contribution in [2.75, 3.05) is 26.2 Å². The van der Waals surface area contributed by atoms with Crippen molar-refractivity contribution in [3.8, 4) is 0 Å². The molecular weight excluding hydrogens is 314 g/mol. The molecule has 2 fully saturated rings. The van der Waals surface area contributed by atoms with Crippen molar-refractivity contribution in [1.82, 2.24) is 10.2 Å². The second kappa shape index (κ2) is 8.79. The molecule has 0 spiro atoms. The number of carbonyl (C=O) groups excluding carboxylic acids is 1. The molecule has 3 unspecified atom stereocenters. The molecule has 5 heteroatoms. The molecule has 1 aromatic rings. The van der Waals surface area contributed by atoms with Crippen molar-refractivity contribution in [3.63, 3.8) is 0 Å². The summed E-state index contributed by atoms with van der Waals surface area (Å²) < 4.78 is 0. The van der Waals surface area contributed by atoms with E-state index >= 15 is 0 Å². The molecule has 1 saturated carbocycles. The summed E-state index contributed by atoms with van der Waals surface area (Å²) in [5, 5.41) is 13.5. The zero-order valence-corrected chi connectivity index (χ0v) is 14.9. The van der Waals surface area contributed by atoms with Gasteiger partial charge in [0.1, 0.15) is 0 Å². The molecule has 138 valence electrons. The molecule has 0 bridgehead atoms. The van der Waals surface area contributed by atoms with Crippen molar-refractivity contribution in [3.05, 3.63) is 35.9 Å². The number of nitrogens with one attached hydrogen (secondary N) is 1. The molecule has 0 aromatic heterocycles. The van der Waals surface area contributed by atoms with Crippen LogP contribution in [0.5, 0.6) is 0 Å². The Kier molecular flexibility index (Phi) is 6.45. The minimum Gasteiger partial charge on any atom is -0.387 e. The summed E-state index contributed by atoms with van der Waals surface area (Å²) in [6, 6.07) is 10.0. The smallest absolute Gasteiger partial charge is 0.223 e. The third kappa shape index (κ3) is 5.27. The average molecular weight is 345 g/mol. The van der Waals surface area contributed by atoms with Crippen molar-refractivity contribution in [1.29, 1.82) is 0 Å². The van der Waals surface area contributed by atoms with Crippen molar-refractivity contribution < 1.29 is 9.90 Å². The summed E-state index contributed by atoms with van der Waals surface area (Å²) in [5.41, 5.74) is 6.87. The number of rotatable bonds is 6. The van der Waals surface area contributed by atoms with Crippen molar-refractivity contribution in [2.24, 2.45) is 17.6 Å². The molecule has 2 aliphatic rings. The molecule has 3 rings (SSSR count). The number of carbonyl (C=O) groups is 1. The van der Waals surface area contributed by atoms with Crippen LogP contribution in [0.25, 0.3) is 0 Å². The van der Waals surface area contributed by atoms with Gasteiger partial charge in [-0.1, -0.05) is 30.3 Å². The molecule has 3 atom stereocenters. The fourth-order valence-corrected chi connectivity index (χ4v) is 4.04. The Morgan fingerprint density at radius 2 is 1.92 bits per heavy atom. The molecule has 25 heavy (non-hydrogen) atoms. The number of amides is 1. The van der Waals surface area contributed by atoms with Gasteiger partial charge in [0.2, 0.25) is 5.91 Å². The van der Waals surface area contributed by atoms with Crippen LogP contribution >= 0.6 is 0 Å². The monoisotopic (exact) mass is 345 g/mol. The second-order valence-corrected chi connectivity index (χ2v) is 7.69. The van der Waals surface area contributed by atoms with Gasteiger partial charge in [0.15, 0.2) is 0 Å². The van der Waals surface area contributed by atoms with E-state index in [0.717, 1.165) is 57.3 Å². The maximum Gasteiger partial charge on any atom is 0.223 e. The maximum absolute atomic E-state index is 12.2. The first-order valence-corrected chi connectivity index (χ1v) is 9.60. The molecule has 1 amide bonds. The van der Waals surface area contributed by atoms with Crippen LogP contribution in [-0.4, -0.2) is 48.1 Å². The summed E-state index contributed by atoms with van der Waals surface area (Å²) in [6.07, 6.45) is 4.46. The number of nitrogens with two attached hydrogens (primary N) is 1. The van der Waals surface area contributed by atoms with Gasteiger partial charge in [-0.15, -0.1) is 0 Å². The summed E-state index contributed by atoms with van der Waals surface area (Å²) >= 11 is 0. The first-order chi connectivity index (χ1) is 12.1. The number of likely N-dealkylation sites (tertiary alicyclic amines) is 1. The Morgan fingerprint density at radius 1 is 1.20 bits per heavy atom. The Morgan fingerprint density at radius 3 is 2.56 bits per heavy atom. The first kappa shape index (κ1) is 18.4. The highest BCUT2D eigenvalue weighted by Crippen LogP contribution is 2.25. The van der Waals surface area contributed by atoms with Gasteiger partial charge < -0.3 is 21.1 Å². The fraction of sp³-hybridized carbons (Fsp3) is 0.650. The number of aliphatic hydroxyl groups excluding tert-OH is 1. The van der Waals surface area contributed by atoms with Crippen LogP contribution in [0.4, 0.5) is 0 Å². The van der Waals surface area contributed by atoms with E-state index in [-0.39, 0.29) is 17.9 Å². The zero-order valence-electron chi connectivity index (χ0n) is 14.9. The SMILES string of the molecule is NC1CCC(C(=O)NCC2CCN(CC(O)c3ccccc3)CC2)C1. The summed E-state index contributed by atoms with van der Waals surface area (Å²) in [6.45, 7) is 3.43. The van der Waals surface area contributed by atoms with Crippen molar-refractivity contribution in [2.45, 2.75) is 44.2 Å². The lowest BCUT2D eigenvalue weighted by atomic mass is 9.95. The highest BCUT2D eigenvalue weighted by atomic mass is 16.3. The quantitative estimate of drug-likeness (QED) is 0.733. The van der Waals surface area contributed by atoms with Gasteiger partial charge in [0.05, 0.1) is 6.10 Å². The zero-order chi connectivity index (χ0) is 17.6. The predicted octanol–water partition coefficient (Wildman–Crippen LogP) is 1.68. The average Bonchev–Trinajstić information content (AvgIpc) is 3.08. The molecule has 1 aliphatic heterocycles. The minimum atomic E-state index is -0.427. The number of hydrogen-bond acceptors (Lipinski definition) is 4. The van der Waals surface area contributed by atoms with Gasteiger partial charge in [-0.05, 0) is 56.7 Å². The Balaban J connectivity index is 1.35. The number of nitrogens with zero attached hydrogens (tertiary/aromatic N) is 1. The summed E-state index contributed by atoms with van der Waals surface area (Å²) in [4.78, 5) is 14.5. The van der Waals surface area contributed by atoms with Gasteiger partial charge in [-0.2, -0.15) is 0 Å². The topological polar surface area (TPSA) is 78.6 Å². The van der Waals surface area contributed by atoms with Crippen LogP contribution in [-0.2, 0) is 4.79 Å². The number of hydrogen-bond donors (Lipinski definition) is 3. The predicted molar refractivity (Wildman–Crippen MR) is 98.9 cm³/mol. The van der Waals surface area contributed by atoms with Crippen LogP contribution in [0.2, 0.25) is 0 Å². The van der Waals surface area contributed by atoms with E-state index in [2.05, 4.69) is 10.2 Å². The summed E-state index contributed by atoms with van der Waals surface area (Å²) in [5.74, 6) is 0.857. The standard InChI is InChI=1S/C20H31N3O2/c21-18-7-6-17(12-18)20(25)22-13-15-8-10-23(11-9-15)14-19(24)16-4-2-1-3-5-16/h1-5,15,17-19,24H,6-14,21H2,(H,22,25). The molecular formula is C20H31N3O2. The number of aliphatic hydroxyl groups is 1. The van der Waals surface area contributed by atoms with Gasteiger partial charge in [-0.3, -0.25) is 4.79 Å². The van der Waals surface area contributed by atoms with E-state index in [1.807, 2.05) is 30.3 Å². The van der Waals surface area contributed by atoms with Gasteiger partial charge in [-0.25, -0.2) is 0 Å². The normalized spacial score (nSPS) is 26.5. The second-order valence-electron chi connectivity index (χ2n) is 7.69. The molecule has 0 radical (unpaired) electrons. The lowest BCUT2D eigenvalue weighted by Gasteiger charge is -2.33. The van der Waals surface area contributed by atoms with E-state index in [1.165, 1.54) is 0 Å². The molecule has 1 aliphatic carbocycles. The molecule has 1 aromatic carbocycles. The van der Waals surface area contributed by atoms with E-state index in [4.69, 9.17) is 5.73 Å². The third-order valence-corrected chi connectivity index (χ3v) is 5.73. The highest BCUT2D eigenvalue weighted by molar-refractivity contribution is 5.79. The number of piperidine rings is 1. The Bertz CT molecular complexity index is 543. The van der Waals surface area contributed by atoms with Crippen LogP contribution in [0.1, 0.15) is 43.8 Å². The molecule has 4 N–H and O–H groups in total. The van der Waals surface area contributed by atoms with Crippen LogP contribution in [0.15, 0.2) is 30.3 Å². The highest BCUT2D eigenvalue weighted by Gasteiger charge is 2.28. The van der Waals surface area contributed by atoms with Gasteiger partial charge in [0, 0.05) is 25.0 Å². The van der Waals surface area contributed by atoms with E-state index in [1.54, 1.807) is 0 Å². The van der Waals surface area contributed by atoms with Crippen LogP contribution in [0, 0.1) is 11.8 Å². The Labute approximate surface area is 150 Å². The molecule has 1 saturated heterocycles. The lowest BCUT2D eigenvalue weighted by Crippen LogP contribution is -2.41. The lowest BCUT2D eigenvalue weighted by molar-refractivity contribution is -0.125. The van der Waals surface area contributed by atoms with E-state index in [9.17, 15) is 9.90 Å². The van der Waals surface area contributed by atoms with Gasteiger partial charge in [0.25, 0.3) is 0 Å². The largest absolute Gasteiger partial charge is 0.387 e. The molecule has 5 nitrogen and oxygen atoms in total. The Hall–Kier alpha value is -1.43. The van der Waals surface area contributed by atoms with Gasteiger partial charge >= 0.3 is 0 Å². The van der Waals surface area contributed by atoms with E-state index < -0.39 is 6.10 Å². The minimum absolute atomic E-state index is 0.121. The third-order valence-electron chi connectivity index (χ3n) is 5.73. The van der Waals surface area contributed by atoms with Crippen LogP contribution < -0.4 is 11.1 Å². The first-order valence-electron chi connectivity index (χ1n) is 9.60. The summed E-state index contributed by atoms with van der Waals surface area (Å²) in [7, 11) is 0. The van der Waals surface area contributed by atoms with Crippen LogP contribution in [0.3, 0.4) is 0 Å². The molecule has 1 heterocycles. The fourth-order valence-electron chi connectivity index (χ4n) is 4.04.